The van der Waals surface area contributed by atoms with Crippen LogP contribution in [0.3, 0.4) is 0 Å². The molecule has 1 aromatic carbocycles. The van der Waals surface area contributed by atoms with Crippen LogP contribution in [0.1, 0.15) is 27.6 Å². The molecule has 0 spiro atoms. The second kappa shape index (κ2) is 4.46. The van der Waals surface area contributed by atoms with Crippen LogP contribution in [0.15, 0.2) is 35.1 Å². The maximum atomic E-state index is 12.5. The van der Waals surface area contributed by atoms with Gasteiger partial charge in [0, 0.05) is 17.2 Å². The average Bonchev–Trinajstić information content (AvgIpc) is 2.43. The SMILES string of the molecule is COc1cc(O)c2c(c1)C(=O)C1=C(C2=O)C(O)OC(C)=C1. The van der Waals surface area contributed by atoms with E-state index in [0.717, 1.165) is 0 Å². The van der Waals surface area contributed by atoms with Gasteiger partial charge in [-0.15, -0.1) is 0 Å². The number of allylic oxidation sites excluding steroid dienone is 3. The number of aliphatic hydroxyl groups excluding tert-OH is 1. The molecule has 0 saturated carbocycles. The number of carbonyl (C=O) groups is 2. The lowest BCUT2D eigenvalue weighted by Gasteiger charge is -2.27. The van der Waals surface area contributed by atoms with E-state index in [9.17, 15) is 19.8 Å². The number of aromatic hydroxyl groups is 1. The molecule has 0 aromatic heterocycles. The van der Waals surface area contributed by atoms with Gasteiger partial charge >= 0.3 is 0 Å². The molecule has 108 valence electrons. The van der Waals surface area contributed by atoms with Gasteiger partial charge in [-0.05, 0) is 19.1 Å². The van der Waals surface area contributed by atoms with Crippen molar-refractivity contribution < 1.29 is 29.3 Å². The molecule has 6 nitrogen and oxygen atoms in total. The first-order chi connectivity index (χ1) is 9.93. The van der Waals surface area contributed by atoms with E-state index in [4.69, 9.17) is 9.47 Å². The highest BCUT2D eigenvalue weighted by molar-refractivity contribution is 6.29. The molecule has 1 atom stereocenters. The Bertz CT molecular complexity index is 741. The lowest BCUT2D eigenvalue weighted by molar-refractivity contribution is -0.0374. The Balaban J connectivity index is 2.28. The number of hydrogen-bond donors (Lipinski definition) is 2. The molecule has 0 saturated heterocycles. The molecule has 0 amide bonds. The Morgan fingerprint density at radius 2 is 1.95 bits per heavy atom. The maximum Gasteiger partial charge on any atom is 0.228 e. The van der Waals surface area contributed by atoms with E-state index >= 15 is 0 Å². The van der Waals surface area contributed by atoms with Crippen LogP contribution in [-0.2, 0) is 4.74 Å². The van der Waals surface area contributed by atoms with Crippen molar-refractivity contribution in [2.75, 3.05) is 7.11 Å². The molecule has 1 heterocycles. The third kappa shape index (κ3) is 1.84. The number of methoxy groups -OCH3 is 1. The summed E-state index contributed by atoms with van der Waals surface area (Å²) in [4.78, 5) is 25.0. The Hall–Kier alpha value is -2.60. The molecule has 1 aliphatic heterocycles. The first-order valence-corrected chi connectivity index (χ1v) is 6.21. The summed E-state index contributed by atoms with van der Waals surface area (Å²) in [5.74, 6) is -0.859. The summed E-state index contributed by atoms with van der Waals surface area (Å²) >= 11 is 0. The Morgan fingerprint density at radius 3 is 2.62 bits per heavy atom. The number of ketones is 2. The van der Waals surface area contributed by atoms with Gasteiger partial charge in [-0.3, -0.25) is 9.59 Å². The van der Waals surface area contributed by atoms with Crippen molar-refractivity contribution in [3.8, 4) is 11.5 Å². The van der Waals surface area contributed by atoms with Gasteiger partial charge in [0.2, 0.25) is 12.1 Å². The number of phenols is 1. The minimum atomic E-state index is -1.52. The fourth-order valence-electron chi connectivity index (χ4n) is 2.52. The van der Waals surface area contributed by atoms with Gasteiger partial charge in [0.25, 0.3) is 0 Å². The highest BCUT2D eigenvalue weighted by atomic mass is 16.6. The molecule has 0 bridgehead atoms. The standard InChI is InChI=1S/C15H12O6/c1-6-3-8-12(15(19)21-6)14(18)11-9(13(8)17)4-7(20-2)5-10(11)16/h3-5,15-16,19H,1-2H3. The predicted octanol–water partition coefficient (Wildman–Crippen LogP) is 1.33. The maximum absolute atomic E-state index is 12.5. The number of benzene rings is 1. The van der Waals surface area contributed by atoms with Crippen molar-refractivity contribution in [1.82, 2.24) is 0 Å². The topological polar surface area (TPSA) is 93.1 Å². The molecule has 6 heteroatoms. The summed E-state index contributed by atoms with van der Waals surface area (Å²) in [6.07, 6.45) is -0.113. The molecule has 1 aliphatic carbocycles. The molecule has 1 aromatic rings. The van der Waals surface area contributed by atoms with E-state index in [1.807, 2.05) is 0 Å². The molecule has 3 rings (SSSR count). The van der Waals surface area contributed by atoms with Crippen LogP contribution in [0.5, 0.6) is 11.5 Å². The Morgan fingerprint density at radius 1 is 1.24 bits per heavy atom. The highest BCUT2D eigenvalue weighted by Crippen LogP contribution is 2.38. The Labute approximate surface area is 119 Å². The zero-order valence-corrected chi connectivity index (χ0v) is 11.3. The number of fused-ring (bicyclic) bond motifs is 1. The number of hydrogen-bond acceptors (Lipinski definition) is 6. The molecule has 21 heavy (non-hydrogen) atoms. The van der Waals surface area contributed by atoms with Crippen molar-refractivity contribution in [1.29, 1.82) is 0 Å². The van der Waals surface area contributed by atoms with Crippen molar-refractivity contribution in [3.05, 3.63) is 46.2 Å². The zero-order valence-electron chi connectivity index (χ0n) is 11.3. The van der Waals surface area contributed by atoms with Gasteiger partial charge in [-0.2, -0.15) is 0 Å². The fraction of sp³-hybridized carbons (Fsp3) is 0.200. The second-order valence-corrected chi connectivity index (χ2v) is 4.78. The molecule has 2 aliphatic rings. The van der Waals surface area contributed by atoms with E-state index in [1.54, 1.807) is 6.92 Å². The van der Waals surface area contributed by atoms with Crippen molar-refractivity contribution in [2.24, 2.45) is 0 Å². The first kappa shape index (κ1) is 13.4. The molecule has 0 radical (unpaired) electrons. The molecule has 0 fully saturated rings. The number of rotatable bonds is 1. The fourth-order valence-corrected chi connectivity index (χ4v) is 2.52. The van der Waals surface area contributed by atoms with Crippen LogP contribution in [-0.4, -0.2) is 35.2 Å². The number of Topliss-reactive ketones (excluding diaryl/α,β-unsaturated/α-hetero) is 2. The van der Waals surface area contributed by atoms with Crippen molar-refractivity contribution in [2.45, 2.75) is 13.2 Å². The van der Waals surface area contributed by atoms with E-state index in [0.29, 0.717) is 5.76 Å². The van der Waals surface area contributed by atoms with Gasteiger partial charge in [-0.25, -0.2) is 0 Å². The monoisotopic (exact) mass is 288 g/mol. The summed E-state index contributed by atoms with van der Waals surface area (Å²) in [7, 11) is 1.39. The minimum Gasteiger partial charge on any atom is -0.507 e. The molecular weight excluding hydrogens is 276 g/mol. The summed E-state index contributed by atoms with van der Waals surface area (Å²) in [6, 6.07) is 2.64. The van der Waals surface area contributed by atoms with Crippen LogP contribution in [0.25, 0.3) is 0 Å². The quantitative estimate of drug-likeness (QED) is 0.809. The summed E-state index contributed by atoms with van der Waals surface area (Å²) < 4.78 is 10.0. The van der Waals surface area contributed by atoms with Gasteiger partial charge in [-0.1, -0.05) is 0 Å². The van der Waals surface area contributed by atoms with E-state index in [-0.39, 0.29) is 33.8 Å². The van der Waals surface area contributed by atoms with Crippen molar-refractivity contribution in [3.63, 3.8) is 0 Å². The smallest absolute Gasteiger partial charge is 0.228 e. The highest BCUT2D eigenvalue weighted by Gasteiger charge is 2.39. The normalized spacial score (nSPS) is 20.5. The number of ether oxygens (including phenoxy) is 2. The third-order valence-electron chi connectivity index (χ3n) is 3.47. The predicted molar refractivity (Wildman–Crippen MR) is 71.2 cm³/mol. The lowest BCUT2D eigenvalue weighted by atomic mass is 9.82. The Kier molecular flexibility index (Phi) is 2.84. The molecule has 1 unspecified atom stereocenters. The largest absolute Gasteiger partial charge is 0.507 e. The second-order valence-electron chi connectivity index (χ2n) is 4.78. The van der Waals surface area contributed by atoms with E-state index < -0.39 is 17.9 Å². The number of aliphatic hydroxyl groups is 1. The molecular formula is C15H12O6. The summed E-state index contributed by atoms with van der Waals surface area (Å²) in [5, 5.41) is 19.9. The first-order valence-electron chi connectivity index (χ1n) is 6.21. The van der Waals surface area contributed by atoms with Gasteiger partial charge < -0.3 is 19.7 Å². The lowest BCUT2D eigenvalue weighted by Crippen LogP contribution is -2.32. The van der Waals surface area contributed by atoms with E-state index in [1.165, 1.54) is 25.3 Å². The summed E-state index contributed by atoms with van der Waals surface area (Å²) in [5.41, 5.74) is -0.168. The number of carbonyl (C=O) groups excluding carboxylic acids is 2. The van der Waals surface area contributed by atoms with Crippen LogP contribution < -0.4 is 4.74 Å². The average molecular weight is 288 g/mol. The van der Waals surface area contributed by atoms with Gasteiger partial charge in [0.05, 0.1) is 24.0 Å². The van der Waals surface area contributed by atoms with Crippen LogP contribution in [0.2, 0.25) is 0 Å². The zero-order chi connectivity index (χ0) is 15.3. The molecule has 2 N–H and O–H groups in total. The van der Waals surface area contributed by atoms with Gasteiger partial charge in [0.15, 0.2) is 5.78 Å². The van der Waals surface area contributed by atoms with Crippen LogP contribution >= 0.6 is 0 Å². The third-order valence-corrected chi connectivity index (χ3v) is 3.47. The van der Waals surface area contributed by atoms with Crippen LogP contribution in [0, 0.1) is 0 Å². The van der Waals surface area contributed by atoms with Crippen molar-refractivity contribution >= 4 is 11.6 Å². The number of phenolic OH excluding ortho intramolecular Hbond substituents is 1. The van der Waals surface area contributed by atoms with Crippen LogP contribution in [0.4, 0.5) is 0 Å². The minimum absolute atomic E-state index is 0.0498. The van der Waals surface area contributed by atoms with E-state index in [2.05, 4.69) is 0 Å². The van der Waals surface area contributed by atoms with Gasteiger partial charge in [0.1, 0.15) is 11.5 Å². The summed E-state index contributed by atoms with van der Waals surface area (Å²) in [6.45, 7) is 1.57.